The van der Waals surface area contributed by atoms with E-state index >= 15 is 0 Å². The lowest BCUT2D eigenvalue weighted by molar-refractivity contribution is -0.0226. The van der Waals surface area contributed by atoms with Gasteiger partial charge < -0.3 is 19.3 Å². The number of aliphatic hydroxyl groups excluding tert-OH is 1. The zero-order valence-electron chi connectivity index (χ0n) is 10.3. The second-order valence-electron chi connectivity index (χ2n) is 4.16. The Labute approximate surface area is 108 Å². The fourth-order valence-corrected chi connectivity index (χ4v) is 2.24. The van der Waals surface area contributed by atoms with E-state index in [0.717, 1.165) is 12.8 Å². The summed E-state index contributed by atoms with van der Waals surface area (Å²) in [7, 11) is 0. The van der Waals surface area contributed by atoms with Crippen molar-refractivity contribution in [1.82, 2.24) is 0 Å². The average molecular weight is 267 g/mol. The van der Waals surface area contributed by atoms with Gasteiger partial charge in [0.1, 0.15) is 0 Å². The Hall–Kier alpha value is 0.130. The third kappa shape index (κ3) is 7.21. The van der Waals surface area contributed by atoms with Crippen LogP contribution in [0.2, 0.25) is 0 Å². The number of hydrogen-bond donors (Lipinski definition) is 1. The number of hydrogen-bond acceptors (Lipinski definition) is 4. The third-order valence-electron chi connectivity index (χ3n) is 2.79. The van der Waals surface area contributed by atoms with Crippen LogP contribution >= 0.6 is 11.6 Å². The van der Waals surface area contributed by atoms with Gasteiger partial charge in [-0.05, 0) is 12.8 Å². The monoisotopic (exact) mass is 266 g/mol. The highest BCUT2D eigenvalue weighted by atomic mass is 35.5. The molecule has 0 saturated heterocycles. The first kappa shape index (κ1) is 15.2. The maximum absolute atomic E-state index is 8.48. The van der Waals surface area contributed by atoms with Gasteiger partial charge in [0.2, 0.25) is 0 Å². The highest BCUT2D eigenvalue weighted by Crippen LogP contribution is 2.25. The first-order valence-electron chi connectivity index (χ1n) is 6.36. The van der Waals surface area contributed by atoms with Gasteiger partial charge >= 0.3 is 0 Å². The van der Waals surface area contributed by atoms with Crippen LogP contribution in [0.5, 0.6) is 0 Å². The largest absolute Gasteiger partial charge is 0.394 e. The minimum atomic E-state index is 0.0574. The van der Waals surface area contributed by atoms with Crippen LogP contribution in [0, 0.1) is 0 Å². The van der Waals surface area contributed by atoms with Gasteiger partial charge in [-0.1, -0.05) is 12.8 Å². The standard InChI is InChI=1S/C12H23ClO4/c13-11-3-1-2-4-12(11)17-10-9-16-8-7-15-6-5-14/h11-12,14H,1-10H2/t11-,12+/m0/s1. The van der Waals surface area contributed by atoms with E-state index in [-0.39, 0.29) is 18.1 Å². The summed E-state index contributed by atoms with van der Waals surface area (Å²) >= 11 is 6.17. The Morgan fingerprint density at radius 2 is 1.59 bits per heavy atom. The zero-order valence-corrected chi connectivity index (χ0v) is 11.0. The smallest absolute Gasteiger partial charge is 0.0739 e. The molecule has 0 unspecified atom stereocenters. The molecule has 0 bridgehead atoms. The minimum Gasteiger partial charge on any atom is -0.394 e. The maximum atomic E-state index is 8.48. The van der Waals surface area contributed by atoms with E-state index < -0.39 is 0 Å². The van der Waals surface area contributed by atoms with Crippen molar-refractivity contribution >= 4 is 11.6 Å². The molecular weight excluding hydrogens is 244 g/mol. The van der Waals surface area contributed by atoms with Gasteiger partial charge in [-0.15, -0.1) is 11.6 Å². The summed E-state index contributed by atoms with van der Waals surface area (Å²) in [5, 5.41) is 8.64. The summed E-state index contributed by atoms with van der Waals surface area (Å²) in [6.45, 7) is 2.65. The van der Waals surface area contributed by atoms with Crippen LogP contribution < -0.4 is 0 Å². The first-order valence-corrected chi connectivity index (χ1v) is 6.80. The van der Waals surface area contributed by atoms with E-state index in [0.29, 0.717) is 33.0 Å². The molecule has 5 heteroatoms. The molecular formula is C12H23ClO4. The van der Waals surface area contributed by atoms with Crippen LogP contribution in [0.1, 0.15) is 25.7 Å². The van der Waals surface area contributed by atoms with Gasteiger partial charge in [0.05, 0.1) is 51.1 Å². The summed E-state index contributed by atoms with van der Waals surface area (Å²) < 4.78 is 16.1. The van der Waals surface area contributed by atoms with Gasteiger partial charge in [0.15, 0.2) is 0 Å². The number of rotatable bonds is 9. The van der Waals surface area contributed by atoms with Crippen molar-refractivity contribution in [2.24, 2.45) is 0 Å². The topological polar surface area (TPSA) is 47.9 Å². The van der Waals surface area contributed by atoms with E-state index in [1.165, 1.54) is 12.8 Å². The summed E-state index contributed by atoms with van der Waals surface area (Å²) in [5.74, 6) is 0. The van der Waals surface area contributed by atoms with Crippen LogP contribution in [0.3, 0.4) is 0 Å². The summed E-state index contributed by atoms with van der Waals surface area (Å²) in [6, 6.07) is 0. The Kier molecular flexibility index (Phi) is 9.01. The van der Waals surface area contributed by atoms with Crippen LogP contribution in [0.25, 0.3) is 0 Å². The Morgan fingerprint density at radius 3 is 2.29 bits per heavy atom. The van der Waals surface area contributed by atoms with Crippen LogP contribution in [-0.2, 0) is 14.2 Å². The molecule has 1 fully saturated rings. The molecule has 17 heavy (non-hydrogen) atoms. The number of alkyl halides is 1. The highest BCUT2D eigenvalue weighted by Gasteiger charge is 2.23. The van der Waals surface area contributed by atoms with Gasteiger partial charge in [0, 0.05) is 0 Å². The second-order valence-corrected chi connectivity index (χ2v) is 4.72. The molecule has 0 aliphatic heterocycles. The zero-order chi connectivity index (χ0) is 12.3. The molecule has 0 aromatic heterocycles. The number of halogens is 1. The molecule has 0 amide bonds. The van der Waals surface area contributed by atoms with E-state index in [2.05, 4.69) is 0 Å². The fraction of sp³-hybridized carbons (Fsp3) is 1.00. The maximum Gasteiger partial charge on any atom is 0.0739 e. The Bertz CT molecular complexity index is 180. The Morgan fingerprint density at radius 1 is 0.941 bits per heavy atom. The molecule has 0 radical (unpaired) electrons. The molecule has 1 aliphatic rings. The molecule has 0 aromatic rings. The van der Waals surface area contributed by atoms with Crippen molar-refractivity contribution in [3.8, 4) is 0 Å². The number of ether oxygens (including phenoxy) is 3. The van der Waals surface area contributed by atoms with E-state index in [4.69, 9.17) is 30.9 Å². The molecule has 1 rings (SSSR count). The second kappa shape index (κ2) is 10.1. The summed E-state index contributed by atoms with van der Waals surface area (Å²) in [6.07, 6.45) is 4.74. The van der Waals surface area contributed by atoms with Crippen molar-refractivity contribution in [2.45, 2.75) is 37.2 Å². The molecule has 0 spiro atoms. The van der Waals surface area contributed by atoms with Gasteiger partial charge in [-0.25, -0.2) is 0 Å². The third-order valence-corrected chi connectivity index (χ3v) is 3.29. The first-order chi connectivity index (χ1) is 8.34. The molecule has 4 nitrogen and oxygen atoms in total. The SMILES string of the molecule is OCCOCCOCCO[C@@H]1CCCC[C@@H]1Cl. The molecule has 2 atom stereocenters. The van der Waals surface area contributed by atoms with Crippen molar-refractivity contribution in [1.29, 1.82) is 0 Å². The normalized spacial score (nSPS) is 25.1. The van der Waals surface area contributed by atoms with E-state index in [9.17, 15) is 0 Å². The predicted molar refractivity (Wildman–Crippen MR) is 66.6 cm³/mol. The average Bonchev–Trinajstić information content (AvgIpc) is 2.35. The van der Waals surface area contributed by atoms with Crippen LogP contribution in [0.4, 0.5) is 0 Å². The fourth-order valence-electron chi connectivity index (χ4n) is 1.88. The van der Waals surface area contributed by atoms with Gasteiger partial charge in [-0.2, -0.15) is 0 Å². The van der Waals surface area contributed by atoms with Crippen molar-refractivity contribution in [3.05, 3.63) is 0 Å². The molecule has 0 aromatic carbocycles. The predicted octanol–water partition coefficient (Wildman–Crippen LogP) is 1.58. The van der Waals surface area contributed by atoms with Crippen LogP contribution in [0.15, 0.2) is 0 Å². The quantitative estimate of drug-likeness (QED) is 0.508. The summed E-state index contributed by atoms with van der Waals surface area (Å²) in [5.41, 5.74) is 0. The lowest BCUT2D eigenvalue weighted by Gasteiger charge is -2.27. The highest BCUT2D eigenvalue weighted by molar-refractivity contribution is 6.21. The van der Waals surface area contributed by atoms with Crippen molar-refractivity contribution in [2.75, 3.05) is 39.6 Å². The molecule has 1 saturated carbocycles. The van der Waals surface area contributed by atoms with Crippen molar-refractivity contribution < 1.29 is 19.3 Å². The lowest BCUT2D eigenvalue weighted by atomic mass is 9.97. The van der Waals surface area contributed by atoms with Crippen molar-refractivity contribution in [3.63, 3.8) is 0 Å². The molecule has 1 N–H and O–H groups in total. The van der Waals surface area contributed by atoms with E-state index in [1.807, 2.05) is 0 Å². The van der Waals surface area contributed by atoms with Gasteiger partial charge in [0.25, 0.3) is 0 Å². The molecule has 102 valence electrons. The Balaban J connectivity index is 1.86. The van der Waals surface area contributed by atoms with E-state index in [1.54, 1.807) is 0 Å². The minimum absolute atomic E-state index is 0.0574. The molecule has 0 heterocycles. The van der Waals surface area contributed by atoms with Gasteiger partial charge in [-0.3, -0.25) is 0 Å². The van der Waals surface area contributed by atoms with Crippen LogP contribution in [-0.4, -0.2) is 56.2 Å². The number of aliphatic hydroxyl groups is 1. The lowest BCUT2D eigenvalue weighted by Crippen LogP contribution is -2.29. The summed E-state index contributed by atoms with van der Waals surface area (Å²) in [4.78, 5) is 0. The molecule has 1 aliphatic carbocycles.